The summed E-state index contributed by atoms with van der Waals surface area (Å²) in [5.74, 6) is -1.95. The van der Waals surface area contributed by atoms with Crippen LogP contribution in [0.25, 0.3) is 0 Å². The Bertz CT molecular complexity index is 1350. The van der Waals surface area contributed by atoms with Gasteiger partial charge in [0.2, 0.25) is 0 Å². The smallest absolute Gasteiger partial charge is 0.306 e. The van der Waals surface area contributed by atoms with Crippen molar-refractivity contribution in [3.8, 4) is 0 Å². The maximum absolute atomic E-state index is 13.0. The van der Waals surface area contributed by atoms with Gasteiger partial charge in [-0.1, -0.05) is 296 Å². The Hall–Kier alpha value is -1.35. The van der Waals surface area contributed by atoms with E-state index in [-0.39, 0.29) is 19.4 Å². The van der Waals surface area contributed by atoms with E-state index in [1.165, 1.54) is 244 Å². The van der Waals surface area contributed by atoms with Crippen molar-refractivity contribution in [2.45, 2.75) is 359 Å². The second-order valence-electron chi connectivity index (χ2n) is 22.4. The van der Waals surface area contributed by atoms with Crippen molar-refractivity contribution in [2.24, 2.45) is 0 Å². The molecule has 440 valence electrons. The highest BCUT2D eigenvalue weighted by molar-refractivity contribution is 7.85. The van der Waals surface area contributed by atoms with Gasteiger partial charge in [0.25, 0.3) is 10.1 Å². The topological polar surface area (TPSA) is 186 Å². The molecule has 1 fully saturated rings. The highest BCUT2D eigenvalue weighted by Crippen LogP contribution is 2.24. The summed E-state index contributed by atoms with van der Waals surface area (Å²) in [5, 5.41) is 31.1. The minimum Gasteiger partial charge on any atom is -0.462 e. The van der Waals surface area contributed by atoms with Gasteiger partial charge in [0.1, 0.15) is 36.8 Å². The third-order valence-corrected chi connectivity index (χ3v) is 15.9. The lowest BCUT2D eigenvalue weighted by atomic mass is 10.00. The molecule has 0 bridgehead atoms. The van der Waals surface area contributed by atoms with Crippen LogP contribution in [0.4, 0.5) is 0 Å². The van der Waals surface area contributed by atoms with Crippen LogP contribution in [-0.4, -0.2) is 96.0 Å². The van der Waals surface area contributed by atoms with E-state index in [1.54, 1.807) is 0 Å². The normalized spacial score (nSPS) is 18.5. The van der Waals surface area contributed by atoms with Crippen molar-refractivity contribution in [1.29, 1.82) is 0 Å². The predicted octanol–water partition coefficient (Wildman–Crippen LogP) is 15.9. The summed E-state index contributed by atoms with van der Waals surface area (Å²) in [6.07, 6.45) is 50.1. The first-order valence-electron chi connectivity index (χ1n) is 31.6. The molecule has 1 rings (SSSR count). The second-order valence-corrected chi connectivity index (χ2v) is 23.9. The van der Waals surface area contributed by atoms with Crippen molar-refractivity contribution in [2.75, 3.05) is 19.0 Å². The maximum Gasteiger partial charge on any atom is 0.306 e. The number of hydrogen-bond acceptors (Lipinski definition) is 11. The van der Waals surface area contributed by atoms with Crippen LogP contribution in [0.1, 0.15) is 322 Å². The molecule has 0 amide bonds. The standard InChI is InChI=1S/C61H118O12S/c1-3-5-7-9-11-13-15-17-19-21-23-25-27-29-31-33-35-37-39-41-43-45-47-49-56(62)70-51-54(52-71-61-60(66)59(65)58(64)55(73-61)53-74(67,68)69)72-57(63)50-48-46-44-42-40-38-36-34-32-30-28-26-24-22-20-18-16-14-12-10-8-6-4-2/h54-55,58-61,64-66H,3-53H2,1-2H3,(H,67,68,69)/t54-,55-,58-,59?,60?,61+/m1/s1. The number of esters is 2. The van der Waals surface area contributed by atoms with Crippen LogP contribution in [0.15, 0.2) is 0 Å². The molecule has 0 aromatic carbocycles. The first kappa shape index (κ1) is 70.7. The average Bonchev–Trinajstić information content (AvgIpc) is 3.37. The van der Waals surface area contributed by atoms with E-state index in [4.69, 9.17) is 18.9 Å². The van der Waals surface area contributed by atoms with E-state index in [2.05, 4.69) is 13.8 Å². The fourth-order valence-corrected chi connectivity index (χ4v) is 11.0. The van der Waals surface area contributed by atoms with E-state index in [9.17, 15) is 37.9 Å². The van der Waals surface area contributed by atoms with Crippen LogP contribution in [0, 0.1) is 0 Å². The van der Waals surface area contributed by atoms with Gasteiger partial charge in [-0.25, -0.2) is 0 Å². The molecule has 1 heterocycles. The summed E-state index contributed by atoms with van der Waals surface area (Å²) in [5.41, 5.74) is 0. The molecular formula is C61H118O12S. The fraction of sp³-hybridized carbons (Fsp3) is 0.967. The lowest BCUT2D eigenvalue weighted by molar-refractivity contribution is -0.297. The molecule has 4 N–H and O–H groups in total. The van der Waals surface area contributed by atoms with E-state index >= 15 is 0 Å². The molecule has 0 spiro atoms. The van der Waals surface area contributed by atoms with Crippen LogP contribution in [0.2, 0.25) is 0 Å². The van der Waals surface area contributed by atoms with Crippen molar-refractivity contribution >= 4 is 22.1 Å². The number of rotatable bonds is 56. The number of aliphatic hydroxyl groups is 3. The molecule has 1 saturated heterocycles. The number of carbonyl (C=O) groups excluding carboxylic acids is 2. The van der Waals surface area contributed by atoms with Crippen LogP contribution < -0.4 is 0 Å². The molecule has 13 heteroatoms. The number of hydrogen-bond donors (Lipinski definition) is 4. The summed E-state index contributed by atoms with van der Waals surface area (Å²) in [6, 6.07) is 0. The molecule has 0 saturated carbocycles. The Morgan fingerprint density at radius 3 is 0.986 bits per heavy atom. The molecule has 1 aliphatic rings. The number of aliphatic hydroxyl groups excluding tert-OH is 3. The van der Waals surface area contributed by atoms with Gasteiger partial charge < -0.3 is 34.3 Å². The average molecular weight is 1080 g/mol. The lowest BCUT2D eigenvalue weighted by Crippen LogP contribution is -2.60. The molecule has 2 unspecified atom stereocenters. The van der Waals surface area contributed by atoms with Crippen molar-refractivity contribution in [3.63, 3.8) is 0 Å². The van der Waals surface area contributed by atoms with Gasteiger partial charge in [0.05, 0.1) is 6.61 Å². The Balaban J connectivity index is 2.24. The molecule has 6 atom stereocenters. The molecule has 0 aromatic heterocycles. The Labute approximate surface area is 454 Å². The second kappa shape index (κ2) is 51.1. The van der Waals surface area contributed by atoms with Crippen LogP contribution in [0.3, 0.4) is 0 Å². The first-order valence-corrected chi connectivity index (χ1v) is 33.2. The minimum atomic E-state index is -4.60. The van der Waals surface area contributed by atoms with E-state index in [1.807, 2.05) is 0 Å². The zero-order chi connectivity index (χ0) is 54.0. The van der Waals surface area contributed by atoms with Crippen LogP contribution in [0.5, 0.6) is 0 Å². The van der Waals surface area contributed by atoms with Gasteiger partial charge in [-0.05, 0) is 12.8 Å². The molecular weight excluding hydrogens is 957 g/mol. The summed E-state index contributed by atoms with van der Waals surface area (Å²) in [6.45, 7) is 3.85. The highest BCUT2D eigenvalue weighted by Gasteiger charge is 2.46. The van der Waals surface area contributed by atoms with Crippen molar-refractivity contribution in [1.82, 2.24) is 0 Å². The van der Waals surface area contributed by atoms with Crippen LogP contribution in [-0.2, 0) is 38.7 Å². The highest BCUT2D eigenvalue weighted by atomic mass is 32.2. The third kappa shape index (κ3) is 44.6. The van der Waals surface area contributed by atoms with Crippen molar-refractivity contribution in [3.05, 3.63) is 0 Å². The maximum atomic E-state index is 13.0. The van der Waals surface area contributed by atoms with E-state index in [0.29, 0.717) is 12.8 Å². The number of unbranched alkanes of at least 4 members (excludes halogenated alkanes) is 44. The van der Waals surface area contributed by atoms with Crippen LogP contribution >= 0.6 is 0 Å². The molecule has 0 aromatic rings. The largest absolute Gasteiger partial charge is 0.462 e. The Morgan fingerprint density at radius 2 is 0.689 bits per heavy atom. The predicted molar refractivity (Wildman–Crippen MR) is 303 cm³/mol. The molecule has 0 radical (unpaired) electrons. The quantitative estimate of drug-likeness (QED) is 0.0257. The summed E-state index contributed by atoms with van der Waals surface area (Å²) in [7, 11) is -4.60. The lowest BCUT2D eigenvalue weighted by Gasteiger charge is -2.40. The van der Waals surface area contributed by atoms with Crippen molar-refractivity contribution < 1.29 is 56.8 Å². The number of carbonyl (C=O) groups is 2. The summed E-state index contributed by atoms with van der Waals surface area (Å²) >= 11 is 0. The van der Waals surface area contributed by atoms with Gasteiger partial charge in [-0.2, -0.15) is 8.42 Å². The van der Waals surface area contributed by atoms with Gasteiger partial charge in [-0.15, -0.1) is 0 Å². The third-order valence-electron chi connectivity index (χ3n) is 15.2. The zero-order valence-electron chi connectivity index (χ0n) is 48.0. The number of ether oxygens (including phenoxy) is 4. The fourth-order valence-electron chi connectivity index (χ4n) is 10.3. The zero-order valence-corrected chi connectivity index (χ0v) is 48.8. The molecule has 0 aliphatic carbocycles. The van der Waals surface area contributed by atoms with Gasteiger partial charge in [-0.3, -0.25) is 14.1 Å². The van der Waals surface area contributed by atoms with Gasteiger partial charge in [0, 0.05) is 12.8 Å². The molecule has 1 aliphatic heterocycles. The Kier molecular flexibility index (Phi) is 48.8. The summed E-state index contributed by atoms with van der Waals surface area (Å²) < 4.78 is 54.5. The monoisotopic (exact) mass is 1070 g/mol. The van der Waals surface area contributed by atoms with Gasteiger partial charge in [0.15, 0.2) is 12.4 Å². The molecule has 12 nitrogen and oxygen atoms in total. The van der Waals surface area contributed by atoms with E-state index < -0.39 is 71.2 Å². The molecule has 74 heavy (non-hydrogen) atoms. The Morgan fingerprint density at radius 1 is 0.405 bits per heavy atom. The van der Waals surface area contributed by atoms with E-state index in [0.717, 1.165) is 38.5 Å². The first-order chi connectivity index (χ1) is 36.0. The van der Waals surface area contributed by atoms with Gasteiger partial charge >= 0.3 is 11.9 Å². The minimum absolute atomic E-state index is 0.174. The SMILES string of the molecule is CCCCCCCCCCCCCCCCCCCCCCCCCC(=O)OC[C@H](CO[C@H]1O[C@H](CS(=O)(=O)O)[C@@H](O)C(O)C1O)OC(=O)CCCCCCCCCCCCCCCCCCCCCCCCC. The summed E-state index contributed by atoms with van der Waals surface area (Å²) in [4.78, 5) is 25.7.